The zero-order valence-electron chi connectivity index (χ0n) is 13.6. The second-order valence-corrected chi connectivity index (χ2v) is 6.53. The molecule has 3 rings (SSSR count). The molecule has 0 spiro atoms. The molecule has 0 saturated heterocycles. The van der Waals surface area contributed by atoms with Crippen LogP contribution in [0.4, 0.5) is 0 Å². The van der Waals surface area contributed by atoms with Gasteiger partial charge in [0.2, 0.25) is 0 Å². The molecule has 0 aliphatic rings. The number of aromatic nitrogens is 3. The standard InChI is InChI=1S/C17H17ClN4O2S/c1-2-22-15(10-19-16(23)14-8-5-9-24-14)20-21-17(22)25-11-12-6-3-4-7-13(12)18/h3-9H,2,10-11H2,1H3,(H,19,23). The van der Waals surface area contributed by atoms with Crippen molar-refractivity contribution in [2.45, 2.75) is 30.9 Å². The monoisotopic (exact) mass is 376 g/mol. The van der Waals surface area contributed by atoms with Crippen LogP contribution in [0.3, 0.4) is 0 Å². The van der Waals surface area contributed by atoms with Crippen molar-refractivity contribution < 1.29 is 9.21 Å². The van der Waals surface area contributed by atoms with Crippen molar-refractivity contribution in [1.82, 2.24) is 20.1 Å². The van der Waals surface area contributed by atoms with Gasteiger partial charge in [-0.05, 0) is 30.7 Å². The van der Waals surface area contributed by atoms with Crippen LogP contribution in [0.5, 0.6) is 0 Å². The zero-order chi connectivity index (χ0) is 17.6. The maximum atomic E-state index is 12.0. The molecule has 0 atom stereocenters. The minimum atomic E-state index is -0.277. The Kier molecular flexibility index (Phi) is 5.78. The number of nitrogens with zero attached hydrogens (tertiary/aromatic N) is 3. The Bertz CT molecular complexity index is 848. The lowest BCUT2D eigenvalue weighted by atomic mass is 10.2. The molecule has 2 heterocycles. The Hall–Kier alpha value is -2.25. The number of rotatable bonds is 7. The van der Waals surface area contributed by atoms with E-state index in [0.717, 1.165) is 15.7 Å². The molecule has 3 aromatic rings. The van der Waals surface area contributed by atoms with Gasteiger partial charge in [-0.3, -0.25) is 4.79 Å². The quantitative estimate of drug-likeness (QED) is 0.635. The SMILES string of the molecule is CCn1c(CNC(=O)c2ccco2)nnc1SCc1ccccc1Cl. The molecular formula is C17H17ClN4O2S. The number of hydrogen-bond acceptors (Lipinski definition) is 5. The third kappa shape index (κ3) is 4.24. The van der Waals surface area contributed by atoms with E-state index in [-0.39, 0.29) is 18.2 Å². The number of carbonyl (C=O) groups excluding carboxylic acids is 1. The van der Waals surface area contributed by atoms with Gasteiger partial charge in [0.15, 0.2) is 16.7 Å². The van der Waals surface area contributed by atoms with E-state index in [0.29, 0.717) is 18.1 Å². The van der Waals surface area contributed by atoms with Gasteiger partial charge in [0.1, 0.15) is 0 Å². The highest BCUT2D eigenvalue weighted by atomic mass is 35.5. The highest BCUT2D eigenvalue weighted by molar-refractivity contribution is 7.98. The molecule has 25 heavy (non-hydrogen) atoms. The fourth-order valence-electron chi connectivity index (χ4n) is 2.29. The van der Waals surface area contributed by atoms with Gasteiger partial charge < -0.3 is 14.3 Å². The minimum Gasteiger partial charge on any atom is -0.459 e. The molecule has 1 aromatic carbocycles. The summed E-state index contributed by atoms with van der Waals surface area (Å²) >= 11 is 7.76. The maximum absolute atomic E-state index is 12.0. The lowest BCUT2D eigenvalue weighted by Gasteiger charge is -2.08. The largest absolute Gasteiger partial charge is 0.459 e. The Morgan fingerprint density at radius 1 is 1.28 bits per heavy atom. The molecule has 2 aromatic heterocycles. The van der Waals surface area contributed by atoms with Crippen molar-refractivity contribution in [3.05, 3.63) is 64.8 Å². The van der Waals surface area contributed by atoms with E-state index in [2.05, 4.69) is 15.5 Å². The lowest BCUT2D eigenvalue weighted by Crippen LogP contribution is -2.24. The molecule has 130 valence electrons. The molecule has 0 aliphatic carbocycles. The van der Waals surface area contributed by atoms with Crippen molar-refractivity contribution >= 4 is 29.3 Å². The number of furan rings is 1. The molecule has 0 saturated carbocycles. The lowest BCUT2D eigenvalue weighted by molar-refractivity contribution is 0.0921. The average Bonchev–Trinajstić information content (AvgIpc) is 3.28. The molecule has 0 bridgehead atoms. The number of amides is 1. The smallest absolute Gasteiger partial charge is 0.287 e. The van der Waals surface area contributed by atoms with Gasteiger partial charge in [-0.25, -0.2) is 0 Å². The summed E-state index contributed by atoms with van der Waals surface area (Å²) in [7, 11) is 0. The van der Waals surface area contributed by atoms with Gasteiger partial charge in [0, 0.05) is 17.3 Å². The zero-order valence-corrected chi connectivity index (χ0v) is 15.2. The molecule has 0 unspecified atom stereocenters. The Morgan fingerprint density at radius 2 is 2.12 bits per heavy atom. The maximum Gasteiger partial charge on any atom is 0.287 e. The van der Waals surface area contributed by atoms with Crippen LogP contribution in [0.1, 0.15) is 28.9 Å². The van der Waals surface area contributed by atoms with Crippen molar-refractivity contribution in [2.75, 3.05) is 0 Å². The second kappa shape index (κ2) is 8.22. The van der Waals surface area contributed by atoms with E-state index in [1.165, 1.54) is 6.26 Å². The van der Waals surface area contributed by atoms with Crippen LogP contribution in [0, 0.1) is 0 Å². The van der Waals surface area contributed by atoms with Crippen LogP contribution < -0.4 is 5.32 Å². The van der Waals surface area contributed by atoms with E-state index in [1.54, 1.807) is 23.9 Å². The van der Waals surface area contributed by atoms with E-state index >= 15 is 0 Å². The molecule has 0 fully saturated rings. The first-order chi connectivity index (χ1) is 12.2. The van der Waals surface area contributed by atoms with Crippen LogP contribution >= 0.6 is 23.4 Å². The van der Waals surface area contributed by atoms with Gasteiger partial charge in [0.25, 0.3) is 5.91 Å². The first-order valence-corrected chi connectivity index (χ1v) is 9.15. The summed E-state index contributed by atoms with van der Waals surface area (Å²) in [6, 6.07) is 11.0. The number of nitrogens with one attached hydrogen (secondary N) is 1. The van der Waals surface area contributed by atoms with E-state index < -0.39 is 0 Å². The van der Waals surface area contributed by atoms with Crippen LogP contribution in [-0.4, -0.2) is 20.7 Å². The Balaban J connectivity index is 1.64. The normalized spacial score (nSPS) is 10.8. The first-order valence-electron chi connectivity index (χ1n) is 7.79. The van der Waals surface area contributed by atoms with Crippen molar-refractivity contribution in [3.63, 3.8) is 0 Å². The fraction of sp³-hybridized carbons (Fsp3) is 0.235. The topological polar surface area (TPSA) is 73.0 Å². The summed E-state index contributed by atoms with van der Waals surface area (Å²) in [5.74, 6) is 1.40. The Morgan fingerprint density at radius 3 is 2.84 bits per heavy atom. The van der Waals surface area contributed by atoms with Crippen LogP contribution in [-0.2, 0) is 18.8 Å². The molecular weight excluding hydrogens is 360 g/mol. The van der Waals surface area contributed by atoms with Crippen molar-refractivity contribution in [1.29, 1.82) is 0 Å². The van der Waals surface area contributed by atoms with E-state index in [4.69, 9.17) is 16.0 Å². The summed E-state index contributed by atoms with van der Waals surface area (Å²) in [6.07, 6.45) is 1.47. The summed E-state index contributed by atoms with van der Waals surface area (Å²) in [4.78, 5) is 12.0. The fourth-order valence-corrected chi connectivity index (χ4v) is 3.59. The molecule has 1 N–H and O–H groups in total. The summed E-state index contributed by atoms with van der Waals surface area (Å²) < 4.78 is 7.05. The highest BCUT2D eigenvalue weighted by Crippen LogP contribution is 2.26. The van der Waals surface area contributed by atoms with E-state index in [9.17, 15) is 4.79 Å². The van der Waals surface area contributed by atoms with Crippen LogP contribution in [0.25, 0.3) is 0 Å². The molecule has 0 radical (unpaired) electrons. The number of carbonyl (C=O) groups is 1. The third-order valence-electron chi connectivity index (χ3n) is 3.58. The second-order valence-electron chi connectivity index (χ2n) is 5.18. The van der Waals surface area contributed by atoms with Crippen molar-refractivity contribution in [2.24, 2.45) is 0 Å². The third-order valence-corrected chi connectivity index (χ3v) is 4.96. The summed E-state index contributed by atoms with van der Waals surface area (Å²) in [6.45, 7) is 3.01. The van der Waals surface area contributed by atoms with E-state index in [1.807, 2.05) is 35.8 Å². The highest BCUT2D eigenvalue weighted by Gasteiger charge is 2.14. The number of halogens is 1. The molecule has 0 aliphatic heterocycles. The Labute approximate surface area is 154 Å². The predicted octanol–water partition coefficient (Wildman–Crippen LogP) is 3.77. The number of thioether (sulfide) groups is 1. The van der Waals surface area contributed by atoms with Crippen LogP contribution in [0.15, 0.2) is 52.2 Å². The molecule has 6 nitrogen and oxygen atoms in total. The van der Waals surface area contributed by atoms with Gasteiger partial charge in [-0.15, -0.1) is 10.2 Å². The summed E-state index contributed by atoms with van der Waals surface area (Å²) in [5, 5.41) is 12.7. The van der Waals surface area contributed by atoms with Gasteiger partial charge >= 0.3 is 0 Å². The van der Waals surface area contributed by atoms with Gasteiger partial charge in [-0.1, -0.05) is 41.6 Å². The van der Waals surface area contributed by atoms with Gasteiger partial charge in [-0.2, -0.15) is 0 Å². The number of benzene rings is 1. The molecule has 1 amide bonds. The average molecular weight is 377 g/mol. The molecule has 8 heteroatoms. The van der Waals surface area contributed by atoms with Gasteiger partial charge in [0.05, 0.1) is 12.8 Å². The summed E-state index contributed by atoms with van der Waals surface area (Å²) in [5.41, 5.74) is 1.05. The predicted molar refractivity (Wildman–Crippen MR) is 96.6 cm³/mol. The van der Waals surface area contributed by atoms with Crippen LogP contribution in [0.2, 0.25) is 5.02 Å². The number of hydrogen-bond donors (Lipinski definition) is 1. The first kappa shape index (κ1) is 17.6. The minimum absolute atomic E-state index is 0.274. The van der Waals surface area contributed by atoms with Crippen molar-refractivity contribution in [3.8, 4) is 0 Å².